The lowest BCUT2D eigenvalue weighted by Crippen LogP contribution is -2.48. The SMILES string of the molecule is COc1ccccc1C(=O)N[C@@H](C)C(=O)N1CCc2ccccc2C1. The van der Waals surface area contributed by atoms with E-state index in [0.717, 1.165) is 6.42 Å². The van der Waals surface area contributed by atoms with Crippen molar-refractivity contribution in [3.05, 3.63) is 65.2 Å². The van der Waals surface area contributed by atoms with E-state index in [0.29, 0.717) is 24.4 Å². The highest BCUT2D eigenvalue weighted by atomic mass is 16.5. The quantitative estimate of drug-likeness (QED) is 0.931. The van der Waals surface area contributed by atoms with Gasteiger partial charge in [0.05, 0.1) is 12.7 Å². The van der Waals surface area contributed by atoms with E-state index in [1.165, 1.54) is 18.2 Å². The summed E-state index contributed by atoms with van der Waals surface area (Å²) in [5.74, 6) is 0.111. The topological polar surface area (TPSA) is 58.6 Å². The average Bonchev–Trinajstić information content (AvgIpc) is 2.66. The second-order valence-corrected chi connectivity index (χ2v) is 6.17. The molecule has 0 fully saturated rings. The standard InChI is InChI=1S/C20H22N2O3/c1-14(21-19(23)17-9-5-6-10-18(17)25-2)20(24)22-12-11-15-7-3-4-8-16(15)13-22/h3-10,14H,11-13H2,1-2H3,(H,21,23)/t14-/m0/s1. The smallest absolute Gasteiger partial charge is 0.255 e. The molecule has 0 aliphatic carbocycles. The van der Waals surface area contributed by atoms with E-state index in [9.17, 15) is 9.59 Å². The number of ether oxygens (including phenoxy) is 1. The van der Waals surface area contributed by atoms with Gasteiger partial charge in [-0.05, 0) is 36.6 Å². The molecule has 0 spiro atoms. The molecule has 1 heterocycles. The van der Waals surface area contributed by atoms with Gasteiger partial charge in [0.1, 0.15) is 11.8 Å². The molecule has 0 radical (unpaired) electrons. The number of methoxy groups -OCH3 is 1. The highest BCUT2D eigenvalue weighted by Gasteiger charge is 2.26. The first kappa shape index (κ1) is 17.0. The first-order valence-electron chi connectivity index (χ1n) is 8.39. The van der Waals surface area contributed by atoms with Crippen LogP contribution in [0.25, 0.3) is 0 Å². The van der Waals surface area contributed by atoms with Crippen molar-refractivity contribution in [3.8, 4) is 5.75 Å². The van der Waals surface area contributed by atoms with Gasteiger partial charge in [0, 0.05) is 13.1 Å². The molecule has 1 atom stereocenters. The number of rotatable bonds is 4. The van der Waals surface area contributed by atoms with Crippen LogP contribution in [0, 0.1) is 0 Å². The Morgan fingerprint density at radius 3 is 2.52 bits per heavy atom. The molecule has 0 bridgehead atoms. The lowest BCUT2D eigenvalue weighted by atomic mass is 9.99. The van der Waals surface area contributed by atoms with Gasteiger partial charge >= 0.3 is 0 Å². The number of carbonyl (C=O) groups is 2. The normalized spacial score (nSPS) is 14.4. The monoisotopic (exact) mass is 338 g/mol. The van der Waals surface area contributed by atoms with E-state index in [2.05, 4.69) is 11.4 Å². The molecule has 1 aliphatic heterocycles. The zero-order valence-corrected chi connectivity index (χ0v) is 14.5. The van der Waals surface area contributed by atoms with Crippen LogP contribution in [-0.2, 0) is 17.8 Å². The molecule has 130 valence electrons. The van der Waals surface area contributed by atoms with Gasteiger partial charge in [0.25, 0.3) is 5.91 Å². The Morgan fingerprint density at radius 2 is 1.76 bits per heavy atom. The van der Waals surface area contributed by atoms with Crippen LogP contribution < -0.4 is 10.1 Å². The van der Waals surface area contributed by atoms with E-state index >= 15 is 0 Å². The second kappa shape index (κ2) is 7.38. The molecule has 0 saturated carbocycles. The Labute approximate surface area is 147 Å². The molecule has 2 amide bonds. The summed E-state index contributed by atoms with van der Waals surface area (Å²) in [6.07, 6.45) is 0.842. The third-order valence-electron chi connectivity index (χ3n) is 4.51. The Bertz CT molecular complexity index is 788. The molecule has 2 aromatic rings. The summed E-state index contributed by atoms with van der Waals surface area (Å²) in [5.41, 5.74) is 2.89. The maximum Gasteiger partial charge on any atom is 0.255 e. The highest BCUT2D eigenvalue weighted by Crippen LogP contribution is 2.20. The molecular formula is C20H22N2O3. The Morgan fingerprint density at radius 1 is 1.08 bits per heavy atom. The van der Waals surface area contributed by atoms with Gasteiger partial charge in [0.2, 0.25) is 5.91 Å². The lowest BCUT2D eigenvalue weighted by Gasteiger charge is -2.31. The van der Waals surface area contributed by atoms with Gasteiger partial charge in [-0.2, -0.15) is 0 Å². The predicted octanol–water partition coefficient (Wildman–Crippen LogP) is 2.40. The first-order chi connectivity index (χ1) is 12.1. The number of benzene rings is 2. The van der Waals surface area contributed by atoms with E-state index in [-0.39, 0.29) is 11.8 Å². The zero-order valence-electron chi connectivity index (χ0n) is 14.5. The van der Waals surface area contributed by atoms with Gasteiger partial charge in [-0.3, -0.25) is 9.59 Å². The fraction of sp³-hybridized carbons (Fsp3) is 0.300. The van der Waals surface area contributed by atoms with Gasteiger partial charge in [0.15, 0.2) is 0 Å². The van der Waals surface area contributed by atoms with Crippen LogP contribution >= 0.6 is 0 Å². The van der Waals surface area contributed by atoms with E-state index in [1.807, 2.05) is 18.2 Å². The molecule has 0 unspecified atom stereocenters. The minimum Gasteiger partial charge on any atom is -0.496 e. The average molecular weight is 338 g/mol. The van der Waals surface area contributed by atoms with E-state index in [4.69, 9.17) is 4.74 Å². The van der Waals surface area contributed by atoms with E-state index in [1.54, 1.807) is 36.1 Å². The minimum atomic E-state index is -0.595. The summed E-state index contributed by atoms with van der Waals surface area (Å²) < 4.78 is 5.21. The fourth-order valence-electron chi connectivity index (χ4n) is 3.13. The van der Waals surface area contributed by atoms with Crippen molar-refractivity contribution < 1.29 is 14.3 Å². The van der Waals surface area contributed by atoms with Crippen molar-refractivity contribution in [3.63, 3.8) is 0 Å². The van der Waals surface area contributed by atoms with Crippen LogP contribution in [0.1, 0.15) is 28.4 Å². The number of nitrogens with zero attached hydrogens (tertiary/aromatic N) is 1. The van der Waals surface area contributed by atoms with Crippen molar-refractivity contribution in [1.29, 1.82) is 0 Å². The first-order valence-corrected chi connectivity index (χ1v) is 8.39. The molecule has 25 heavy (non-hydrogen) atoms. The molecule has 3 rings (SSSR count). The molecule has 5 nitrogen and oxygen atoms in total. The van der Waals surface area contributed by atoms with Gasteiger partial charge in [-0.15, -0.1) is 0 Å². The van der Waals surface area contributed by atoms with Gasteiger partial charge in [-0.25, -0.2) is 0 Å². The van der Waals surface area contributed by atoms with Gasteiger partial charge < -0.3 is 15.0 Å². The Hall–Kier alpha value is -2.82. The summed E-state index contributed by atoms with van der Waals surface area (Å²) in [6.45, 7) is 2.98. The third kappa shape index (κ3) is 3.65. The summed E-state index contributed by atoms with van der Waals surface area (Å²) in [7, 11) is 1.52. The summed E-state index contributed by atoms with van der Waals surface area (Å²) in [5, 5.41) is 2.78. The van der Waals surface area contributed by atoms with Crippen molar-refractivity contribution in [2.45, 2.75) is 25.9 Å². The summed E-state index contributed by atoms with van der Waals surface area (Å²) in [6, 6.07) is 14.5. The third-order valence-corrected chi connectivity index (χ3v) is 4.51. The van der Waals surface area contributed by atoms with Crippen LogP contribution in [0.2, 0.25) is 0 Å². The van der Waals surface area contributed by atoms with E-state index < -0.39 is 6.04 Å². The highest BCUT2D eigenvalue weighted by molar-refractivity contribution is 5.99. The van der Waals surface area contributed by atoms with Crippen molar-refractivity contribution in [2.75, 3.05) is 13.7 Å². The number of fused-ring (bicyclic) bond motifs is 1. The fourth-order valence-corrected chi connectivity index (χ4v) is 3.13. The van der Waals surface area contributed by atoms with Crippen molar-refractivity contribution >= 4 is 11.8 Å². The molecule has 0 aromatic heterocycles. The van der Waals surface area contributed by atoms with Crippen LogP contribution in [0.3, 0.4) is 0 Å². The van der Waals surface area contributed by atoms with Crippen molar-refractivity contribution in [1.82, 2.24) is 10.2 Å². The molecule has 1 N–H and O–H groups in total. The number of nitrogens with one attached hydrogen (secondary N) is 1. The number of hydrogen-bond donors (Lipinski definition) is 1. The number of para-hydroxylation sites is 1. The lowest BCUT2D eigenvalue weighted by molar-refractivity contribution is -0.133. The molecule has 0 saturated heterocycles. The maximum absolute atomic E-state index is 12.7. The van der Waals surface area contributed by atoms with Crippen LogP contribution in [0.15, 0.2) is 48.5 Å². The number of carbonyl (C=O) groups excluding carboxylic acids is 2. The summed E-state index contributed by atoms with van der Waals surface area (Å²) >= 11 is 0. The van der Waals surface area contributed by atoms with Crippen LogP contribution in [-0.4, -0.2) is 36.4 Å². The number of amides is 2. The minimum absolute atomic E-state index is 0.0715. The van der Waals surface area contributed by atoms with Crippen LogP contribution in [0.5, 0.6) is 5.75 Å². The largest absolute Gasteiger partial charge is 0.496 e. The zero-order chi connectivity index (χ0) is 17.8. The Kier molecular flexibility index (Phi) is 5.03. The van der Waals surface area contributed by atoms with Crippen LogP contribution in [0.4, 0.5) is 0 Å². The Balaban J connectivity index is 1.66. The van der Waals surface area contributed by atoms with Gasteiger partial charge in [-0.1, -0.05) is 36.4 Å². The molecule has 1 aliphatic rings. The summed E-state index contributed by atoms with van der Waals surface area (Å²) in [4.78, 5) is 27.0. The second-order valence-electron chi connectivity index (χ2n) is 6.17. The predicted molar refractivity (Wildman–Crippen MR) is 95.5 cm³/mol. The molecular weight excluding hydrogens is 316 g/mol. The number of hydrogen-bond acceptors (Lipinski definition) is 3. The molecule has 2 aromatic carbocycles. The molecule has 5 heteroatoms. The van der Waals surface area contributed by atoms with Crippen molar-refractivity contribution in [2.24, 2.45) is 0 Å². The maximum atomic E-state index is 12.7.